The van der Waals surface area contributed by atoms with E-state index < -0.39 is 23.4 Å². The van der Waals surface area contributed by atoms with Crippen molar-refractivity contribution >= 4 is 34.1 Å². The number of nitrogens with one attached hydrogen (secondary N) is 5. The first kappa shape index (κ1) is 33.8. The second kappa shape index (κ2) is 17.4. The third-order valence-electron chi connectivity index (χ3n) is 6.62. The summed E-state index contributed by atoms with van der Waals surface area (Å²) < 4.78 is 20.5. The van der Waals surface area contributed by atoms with E-state index in [1.807, 2.05) is 63.2 Å². The summed E-state index contributed by atoms with van der Waals surface area (Å²) in [6.45, 7) is 10.4. The number of carbonyl (C=O) groups excluding carboxylic acids is 2. The van der Waals surface area contributed by atoms with Gasteiger partial charge in [0.25, 0.3) is 5.91 Å². The molecule has 0 aliphatic carbocycles. The number of hydrogen-bond donors (Lipinski definition) is 6. The van der Waals surface area contributed by atoms with Crippen molar-refractivity contribution in [1.29, 1.82) is 0 Å². The Bertz CT molecular complexity index is 1330. The predicted octanol–water partition coefficient (Wildman–Crippen LogP) is 5.37. The highest BCUT2D eigenvalue weighted by Crippen LogP contribution is 2.26. The summed E-state index contributed by atoms with van der Waals surface area (Å²) in [4.78, 5) is 25.8. The summed E-state index contributed by atoms with van der Waals surface area (Å²) in [5.41, 5.74) is 6.13. The minimum absolute atomic E-state index is 0.0137. The first-order chi connectivity index (χ1) is 20.7. The first-order valence-corrected chi connectivity index (χ1v) is 15.1. The SMILES string of the molecule is CC(C)(C)NC(=O)c1cc(F)c(NCCCNCCCCNCCCN)cc1NC(=O)OCc1ccc2ccccc2c1. The van der Waals surface area contributed by atoms with E-state index in [9.17, 15) is 9.59 Å². The summed E-state index contributed by atoms with van der Waals surface area (Å²) >= 11 is 0. The molecule has 10 heteroatoms. The molecule has 0 spiro atoms. The topological polar surface area (TPSA) is 130 Å². The third kappa shape index (κ3) is 12.2. The lowest BCUT2D eigenvalue weighted by molar-refractivity contribution is 0.0920. The van der Waals surface area contributed by atoms with Crippen molar-refractivity contribution in [3.63, 3.8) is 0 Å². The van der Waals surface area contributed by atoms with Gasteiger partial charge < -0.3 is 31.7 Å². The van der Waals surface area contributed by atoms with Gasteiger partial charge in [-0.05, 0) is 114 Å². The molecular formula is C33H47FN6O3. The molecule has 0 aromatic heterocycles. The summed E-state index contributed by atoms with van der Waals surface area (Å²) in [7, 11) is 0. The second-order valence-electron chi connectivity index (χ2n) is 11.6. The molecule has 0 saturated carbocycles. The van der Waals surface area contributed by atoms with Crippen LogP contribution in [0.1, 0.15) is 62.4 Å². The molecule has 3 aromatic carbocycles. The molecule has 3 rings (SSSR count). The number of nitrogens with two attached hydrogens (primary N) is 1. The van der Waals surface area contributed by atoms with Crippen LogP contribution >= 0.6 is 0 Å². The largest absolute Gasteiger partial charge is 0.444 e. The maximum atomic E-state index is 15.1. The van der Waals surface area contributed by atoms with Crippen molar-refractivity contribution < 1.29 is 18.7 Å². The van der Waals surface area contributed by atoms with Crippen LogP contribution in [0.4, 0.5) is 20.6 Å². The Morgan fingerprint density at radius 1 is 0.814 bits per heavy atom. The van der Waals surface area contributed by atoms with Gasteiger partial charge in [-0.1, -0.05) is 36.4 Å². The molecule has 7 N–H and O–H groups in total. The molecule has 0 bridgehead atoms. The summed E-state index contributed by atoms with van der Waals surface area (Å²) in [5, 5.41) is 17.5. The van der Waals surface area contributed by atoms with Crippen molar-refractivity contribution in [2.75, 3.05) is 49.9 Å². The minimum atomic E-state index is -0.741. The Morgan fingerprint density at radius 2 is 1.49 bits per heavy atom. The molecule has 0 radical (unpaired) electrons. The molecule has 43 heavy (non-hydrogen) atoms. The standard InChI is InChI=1S/C33H47FN6O3/c1-33(2,3)40-31(41)27-21-28(34)30(38-19-9-18-37-16-7-6-15-36-17-8-14-35)22-29(27)39-32(42)43-23-24-12-13-25-10-4-5-11-26(25)20-24/h4-5,10-13,20-22,36-38H,6-9,14-19,23,35H2,1-3H3,(H,39,42)(H,40,41). The van der Waals surface area contributed by atoms with Gasteiger partial charge in [-0.15, -0.1) is 0 Å². The van der Waals surface area contributed by atoms with Crippen molar-refractivity contribution in [3.8, 4) is 0 Å². The van der Waals surface area contributed by atoms with Crippen molar-refractivity contribution in [2.24, 2.45) is 5.73 Å². The molecule has 0 aliphatic heterocycles. The van der Waals surface area contributed by atoms with E-state index in [2.05, 4.69) is 26.6 Å². The van der Waals surface area contributed by atoms with Crippen LogP contribution in [-0.2, 0) is 11.3 Å². The third-order valence-corrected chi connectivity index (χ3v) is 6.62. The van der Waals surface area contributed by atoms with Crippen molar-refractivity contribution in [1.82, 2.24) is 16.0 Å². The smallest absolute Gasteiger partial charge is 0.411 e. The van der Waals surface area contributed by atoms with Crippen LogP contribution in [0.5, 0.6) is 0 Å². The van der Waals surface area contributed by atoms with Crippen LogP contribution in [0, 0.1) is 5.82 Å². The van der Waals surface area contributed by atoms with E-state index in [1.165, 1.54) is 6.07 Å². The molecule has 0 aliphatic rings. The predicted molar refractivity (Wildman–Crippen MR) is 173 cm³/mol. The Morgan fingerprint density at radius 3 is 2.19 bits per heavy atom. The van der Waals surface area contributed by atoms with E-state index in [4.69, 9.17) is 10.5 Å². The average molecular weight is 595 g/mol. The van der Waals surface area contributed by atoms with E-state index in [-0.39, 0.29) is 23.5 Å². The number of anilines is 2. The molecule has 0 heterocycles. The highest BCUT2D eigenvalue weighted by atomic mass is 19.1. The first-order valence-electron chi connectivity index (χ1n) is 15.1. The number of halogens is 1. The summed E-state index contributed by atoms with van der Waals surface area (Å²) in [6, 6.07) is 16.3. The zero-order valence-corrected chi connectivity index (χ0v) is 25.7. The van der Waals surface area contributed by atoms with Crippen LogP contribution in [0.15, 0.2) is 54.6 Å². The molecule has 0 unspecified atom stereocenters. The molecule has 3 aromatic rings. The van der Waals surface area contributed by atoms with Gasteiger partial charge in [0, 0.05) is 12.1 Å². The Balaban J connectivity index is 1.55. The maximum Gasteiger partial charge on any atom is 0.411 e. The van der Waals surface area contributed by atoms with E-state index in [0.29, 0.717) is 13.1 Å². The summed E-state index contributed by atoms with van der Waals surface area (Å²) in [5.74, 6) is -1.08. The number of unbranched alkanes of at least 4 members (excludes halogenated alkanes) is 1. The van der Waals surface area contributed by atoms with Gasteiger partial charge in [0.1, 0.15) is 12.4 Å². The Labute approximate surface area is 254 Å². The van der Waals surface area contributed by atoms with E-state index >= 15 is 4.39 Å². The lowest BCUT2D eigenvalue weighted by Crippen LogP contribution is -2.41. The van der Waals surface area contributed by atoms with Crippen molar-refractivity contribution in [2.45, 2.75) is 58.6 Å². The fourth-order valence-electron chi connectivity index (χ4n) is 4.44. The number of ether oxygens (including phenoxy) is 1. The number of rotatable bonds is 17. The molecule has 0 fully saturated rings. The Kier molecular flexibility index (Phi) is 13.7. The van der Waals surface area contributed by atoms with Crippen molar-refractivity contribution in [3.05, 3.63) is 71.5 Å². The van der Waals surface area contributed by atoms with Crippen LogP contribution < -0.4 is 32.3 Å². The van der Waals surface area contributed by atoms with E-state index in [1.54, 1.807) is 0 Å². The molecule has 9 nitrogen and oxygen atoms in total. The van der Waals surface area contributed by atoms with Crippen LogP contribution in [0.25, 0.3) is 10.8 Å². The number of amides is 2. The highest BCUT2D eigenvalue weighted by Gasteiger charge is 2.22. The van der Waals surface area contributed by atoms with Gasteiger partial charge in [0.15, 0.2) is 0 Å². The zero-order valence-electron chi connectivity index (χ0n) is 25.7. The molecule has 234 valence electrons. The van der Waals surface area contributed by atoms with E-state index in [0.717, 1.165) is 74.3 Å². The van der Waals surface area contributed by atoms with Gasteiger partial charge in [-0.25, -0.2) is 9.18 Å². The van der Waals surface area contributed by atoms with Gasteiger partial charge in [0.2, 0.25) is 0 Å². The lowest BCUT2D eigenvalue weighted by atomic mass is 10.1. The minimum Gasteiger partial charge on any atom is -0.444 e. The number of fused-ring (bicyclic) bond motifs is 1. The monoisotopic (exact) mass is 594 g/mol. The van der Waals surface area contributed by atoms with Gasteiger partial charge in [-0.3, -0.25) is 10.1 Å². The van der Waals surface area contributed by atoms with Gasteiger partial charge in [0.05, 0.1) is 16.9 Å². The quantitative estimate of drug-likeness (QED) is 0.116. The fourth-order valence-corrected chi connectivity index (χ4v) is 4.44. The van der Waals surface area contributed by atoms with Crippen LogP contribution in [0.2, 0.25) is 0 Å². The molecule has 0 saturated heterocycles. The fraction of sp³-hybridized carbons (Fsp3) is 0.455. The lowest BCUT2D eigenvalue weighted by Gasteiger charge is -2.22. The van der Waals surface area contributed by atoms with Crippen LogP contribution in [-0.4, -0.2) is 56.8 Å². The molecule has 0 atom stereocenters. The molecular weight excluding hydrogens is 547 g/mol. The summed E-state index contributed by atoms with van der Waals surface area (Å²) in [6.07, 6.45) is 3.19. The Hall–Kier alpha value is -3.73. The maximum absolute atomic E-state index is 15.1. The normalized spacial score (nSPS) is 11.4. The zero-order chi connectivity index (χ0) is 31.1. The highest BCUT2D eigenvalue weighted by molar-refractivity contribution is 6.03. The number of benzene rings is 3. The number of hydrogen-bond acceptors (Lipinski definition) is 7. The van der Waals surface area contributed by atoms with Gasteiger partial charge >= 0.3 is 6.09 Å². The second-order valence-corrected chi connectivity index (χ2v) is 11.6. The van der Waals surface area contributed by atoms with Gasteiger partial charge in [-0.2, -0.15) is 0 Å². The average Bonchev–Trinajstić information content (AvgIpc) is 2.97. The van der Waals surface area contributed by atoms with Crippen LogP contribution in [0.3, 0.4) is 0 Å². The molecule has 2 amide bonds. The number of carbonyl (C=O) groups is 2.